The van der Waals surface area contributed by atoms with Crippen LogP contribution in [0.15, 0.2) is 36.7 Å². The second-order valence-electron chi connectivity index (χ2n) is 8.32. The standard InChI is InChI=1S/C22H24FN7O/c1-15-14-16(2)27-21(26-15)28-11-6-22(7-12-28)8-13-29(22)20(31)19-17(23)4-3-5-18(19)30-24-9-10-25-30/h3-5,9-10,14H,6-8,11-13H2,1-2H3. The second kappa shape index (κ2) is 7.40. The molecule has 160 valence electrons. The fourth-order valence-electron chi connectivity index (χ4n) is 4.71. The number of hydrogen-bond acceptors (Lipinski definition) is 6. The number of amides is 1. The van der Waals surface area contributed by atoms with E-state index in [1.807, 2.05) is 24.8 Å². The van der Waals surface area contributed by atoms with Gasteiger partial charge in [-0.3, -0.25) is 4.79 Å². The van der Waals surface area contributed by atoms with Gasteiger partial charge in [-0.05, 0) is 51.3 Å². The Kier molecular flexibility index (Phi) is 4.68. The van der Waals surface area contributed by atoms with Gasteiger partial charge in [-0.15, -0.1) is 0 Å². The Hall–Kier alpha value is -3.36. The Balaban J connectivity index is 1.37. The molecule has 1 aromatic carbocycles. The zero-order valence-corrected chi connectivity index (χ0v) is 17.6. The van der Waals surface area contributed by atoms with Crippen LogP contribution in [0.3, 0.4) is 0 Å². The van der Waals surface area contributed by atoms with Gasteiger partial charge < -0.3 is 9.80 Å². The Morgan fingerprint density at radius 2 is 1.65 bits per heavy atom. The maximum atomic E-state index is 14.8. The van der Waals surface area contributed by atoms with E-state index in [4.69, 9.17) is 0 Å². The molecule has 2 saturated heterocycles. The molecule has 9 heteroatoms. The Morgan fingerprint density at radius 3 is 2.26 bits per heavy atom. The van der Waals surface area contributed by atoms with E-state index in [2.05, 4.69) is 25.1 Å². The molecule has 4 heterocycles. The first kappa shape index (κ1) is 19.6. The van der Waals surface area contributed by atoms with Crippen LogP contribution in [0.1, 0.15) is 41.0 Å². The van der Waals surface area contributed by atoms with Crippen molar-refractivity contribution in [3.63, 3.8) is 0 Å². The Bertz CT molecular complexity index is 1100. The zero-order valence-electron chi connectivity index (χ0n) is 17.6. The van der Waals surface area contributed by atoms with Gasteiger partial charge in [0.1, 0.15) is 17.1 Å². The average molecular weight is 421 g/mol. The first-order valence-corrected chi connectivity index (χ1v) is 10.5. The molecule has 8 nitrogen and oxygen atoms in total. The van der Waals surface area contributed by atoms with Crippen molar-refractivity contribution in [2.24, 2.45) is 0 Å². The molecule has 3 aromatic rings. The maximum Gasteiger partial charge on any atom is 0.259 e. The molecule has 5 rings (SSSR count). The lowest BCUT2D eigenvalue weighted by Crippen LogP contribution is -2.66. The summed E-state index contributed by atoms with van der Waals surface area (Å²) in [7, 11) is 0. The normalized spacial score (nSPS) is 17.6. The number of halogens is 1. The summed E-state index contributed by atoms with van der Waals surface area (Å²) in [6.07, 6.45) is 5.55. The highest BCUT2D eigenvalue weighted by Gasteiger charge is 2.50. The fourth-order valence-corrected chi connectivity index (χ4v) is 4.71. The van der Waals surface area contributed by atoms with Gasteiger partial charge in [-0.1, -0.05) is 6.07 Å². The number of benzene rings is 1. The van der Waals surface area contributed by atoms with Crippen molar-refractivity contribution in [2.75, 3.05) is 24.5 Å². The predicted octanol–water partition coefficient (Wildman–Crippen LogP) is 2.70. The maximum absolute atomic E-state index is 14.8. The smallest absolute Gasteiger partial charge is 0.259 e. The number of carbonyl (C=O) groups is 1. The number of aromatic nitrogens is 5. The van der Waals surface area contributed by atoms with E-state index >= 15 is 0 Å². The molecule has 0 unspecified atom stereocenters. The molecule has 1 amide bonds. The van der Waals surface area contributed by atoms with E-state index in [0.29, 0.717) is 12.2 Å². The summed E-state index contributed by atoms with van der Waals surface area (Å²) in [6, 6.07) is 6.51. The summed E-state index contributed by atoms with van der Waals surface area (Å²) in [4.78, 5) is 27.9. The lowest BCUT2D eigenvalue weighted by molar-refractivity contribution is -0.0166. The molecule has 31 heavy (non-hydrogen) atoms. The van der Waals surface area contributed by atoms with Crippen LogP contribution in [0.5, 0.6) is 0 Å². The number of rotatable bonds is 3. The minimum Gasteiger partial charge on any atom is -0.341 e. The van der Waals surface area contributed by atoms with Crippen LogP contribution in [-0.2, 0) is 0 Å². The van der Waals surface area contributed by atoms with Crippen molar-refractivity contribution in [3.8, 4) is 5.69 Å². The van der Waals surface area contributed by atoms with Crippen molar-refractivity contribution in [1.82, 2.24) is 29.9 Å². The summed E-state index contributed by atoms with van der Waals surface area (Å²) in [5.74, 6) is -0.110. The minimum absolute atomic E-state index is 0.0258. The van der Waals surface area contributed by atoms with Crippen LogP contribution in [-0.4, -0.2) is 60.9 Å². The first-order valence-electron chi connectivity index (χ1n) is 10.5. The molecule has 2 aliphatic heterocycles. The van der Waals surface area contributed by atoms with E-state index in [1.165, 1.54) is 23.3 Å². The van der Waals surface area contributed by atoms with Gasteiger partial charge in [0.25, 0.3) is 5.91 Å². The number of carbonyl (C=O) groups excluding carboxylic acids is 1. The van der Waals surface area contributed by atoms with Gasteiger partial charge in [0.05, 0.1) is 12.4 Å². The number of nitrogens with zero attached hydrogens (tertiary/aromatic N) is 7. The molecule has 2 aromatic heterocycles. The van der Waals surface area contributed by atoms with E-state index in [1.54, 1.807) is 12.1 Å². The average Bonchev–Trinajstić information content (AvgIpc) is 3.27. The molecular formula is C22H24FN7O. The molecule has 2 fully saturated rings. The second-order valence-corrected chi connectivity index (χ2v) is 8.32. The summed E-state index contributed by atoms with van der Waals surface area (Å²) >= 11 is 0. The van der Waals surface area contributed by atoms with Crippen LogP contribution in [0, 0.1) is 19.7 Å². The summed E-state index contributed by atoms with van der Waals surface area (Å²) in [5.41, 5.74) is 2.03. The van der Waals surface area contributed by atoms with Crippen LogP contribution in [0.4, 0.5) is 10.3 Å². The first-order chi connectivity index (χ1) is 15.0. The van der Waals surface area contributed by atoms with Gasteiger partial charge >= 0.3 is 0 Å². The molecular weight excluding hydrogens is 397 g/mol. The number of hydrogen-bond donors (Lipinski definition) is 0. The highest BCUT2D eigenvalue weighted by molar-refractivity contribution is 5.99. The summed E-state index contributed by atoms with van der Waals surface area (Å²) in [5, 5.41) is 8.17. The summed E-state index contributed by atoms with van der Waals surface area (Å²) in [6.45, 7) is 6.08. The highest BCUT2D eigenvalue weighted by Crippen LogP contribution is 2.42. The third kappa shape index (κ3) is 3.34. The van der Waals surface area contributed by atoms with E-state index < -0.39 is 5.82 Å². The minimum atomic E-state index is -0.553. The largest absolute Gasteiger partial charge is 0.341 e. The van der Waals surface area contributed by atoms with Gasteiger partial charge in [0.15, 0.2) is 0 Å². The highest BCUT2D eigenvalue weighted by atomic mass is 19.1. The topological polar surface area (TPSA) is 80.0 Å². The van der Waals surface area contributed by atoms with Crippen molar-refractivity contribution >= 4 is 11.9 Å². The zero-order chi connectivity index (χ0) is 21.6. The van der Waals surface area contributed by atoms with Crippen LogP contribution in [0.2, 0.25) is 0 Å². The molecule has 0 atom stereocenters. The van der Waals surface area contributed by atoms with Gasteiger partial charge in [-0.2, -0.15) is 15.0 Å². The number of aryl methyl sites for hydroxylation is 2. The van der Waals surface area contributed by atoms with E-state index in [0.717, 1.165) is 49.7 Å². The molecule has 0 radical (unpaired) electrons. The molecule has 0 N–H and O–H groups in total. The van der Waals surface area contributed by atoms with Crippen molar-refractivity contribution in [3.05, 3.63) is 59.4 Å². The molecule has 2 aliphatic rings. The lowest BCUT2D eigenvalue weighted by Gasteiger charge is -2.56. The molecule has 0 aliphatic carbocycles. The molecule has 0 saturated carbocycles. The van der Waals surface area contributed by atoms with Crippen LogP contribution < -0.4 is 4.90 Å². The SMILES string of the molecule is Cc1cc(C)nc(N2CCC3(CC2)CCN3C(=O)c2c(F)cccc2-n2nccn2)n1. The van der Waals surface area contributed by atoms with Crippen molar-refractivity contribution in [1.29, 1.82) is 0 Å². The van der Waals surface area contributed by atoms with E-state index in [-0.39, 0.29) is 17.0 Å². The van der Waals surface area contributed by atoms with Crippen LogP contribution >= 0.6 is 0 Å². The monoisotopic (exact) mass is 421 g/mol. The van der Waals surface area contributed by atoms with E-state index in [9.17, 15) is 9.18 Å². The van der Waals surface area contributed by atoms with Gasteiger partial charge in [-0.25, -0.2) is 14.4 Å². The Morgan fingerprint density at radius 1 is 1.00 bits per heavy atom. The third-order valence-electron chi connectivity index (χ3n) is 6.41. The fraction of sp³-hybridized carbons (Fsp3) is 0.409. The lowest BCUT2D eigenvalue weighted by atomic mass is 9.76. The summed E-state index contributed by atoms with van der Waals surface area (Å²) < 4.78 is 14.8. The Labute approximate surface area is 179 Å². The number of anilines is 1. The number of piperidine rings is 1. The van der Waals surface area contributed by atoms with Crippen molar-refractivity contribution < 1.29 is 9.18 Å². The quantitative estimate of drug-likeness (QED) is 0.647. The van der Waals surface area contributed by atoms with Gasteiger partial charge in [0.2, 0.25) is 5.95 Å². The molecule has 1 spiro atoms. The van der Waals surface area contributed by atoms with Crippen LogP contribution in [0.25, 0.3) is 5.69 Å². The van der Waals surface area contributed by atoms with Gasteiger partial charge in [0, 0.05) is 36.6 Å². The third-order valence-corrected chi connectivity index (χ3v) is 6.41. The predicted molar refractivity (Wildman–Crippen MR) is 113 cm³/mol. The van der Waals surface area contributed by atoms with Crippen molar-refractivity contribution in [2.45, 2.75) is 38.6 Å². The number of likely N-dealkylation sites (tertiary alicyclic amines) is 1. The molecule has 0 bridgehead atoms.